The number of benzene rings is 2. The summed E-state index contributed by atoms with van der Waals surface area (Å²) in [6.45, 7) is 5.38. The zero-order valence-electron chi connectivity index (χ0n) is 32.2. The number of nitrogens with zero attached hydrogens (tertiary/aromatic N) is 6. The molecule has 2 N–H and O–H groups in total. The predicted octanol–water partition coefficient (Wildman–Crippen LogP) is 6.26. The molecule has 2 unspecified atom stereocenters. The van der Waals surface area contributed by atoms with Gasteiger partial charge in [0.15, 0.2) is 0 Å². The molecule has 6 aliphatic rings. The average molecular weight is 755 g/mol. The highest BCUT2D eigenvalue weighted by atomic mass is 16.2. The minimum Gasteiger partial charge on any atom is -0.340 e. The van der Waals surface area contributed by atoms with Crippen LogP contribution in [0.15, 0.2) is 60.9 Å². The van der Waals surface area contributed by atoms with Crippen LogP contribution in [0.25, 0.3) is 33.6 Å². The molecule has 2 aliphatic heterocycles. The van der Waals surface area contributed by atoms with Gasteiger partial charge in [0.1, 0.15) is 11.6 Å². The number of imidazole rings is 2. The quantitative estimate of drug-likeness (QED) is 0.194. The fourth-order valence-electron chi connectivity index (χ4n) is 9.27. The molecule has 2 aromatic heterocycles. The van der Waals surface area contributed by atoms with Crippen molar-refractivity contribution in [1.82, 2.24) is 39.5 Å². The maximum atomic E-state index is 13.6. The summed E-state index contributed by atoms with van der Waals surface area (Å²) in [6.07, 6.45) is 13.3. The van der Waals surface area contributed by atoms with Gasteiger partial charge in [0.2, 0.25) is 0 Å². The molecule has 0 bridgehead atoms. The van der Waals surface area contributed by atoms with Gasteiger partial charge in [-0.3, -0.25) is 19.2 Å². The Bertz CT molecular complexity index is 1980. The van der Waals surface area contributed by atoms with Crippen molar-refractivity contribution in [2.24, 2.45) is 11.8 Å². The average Bonchev–Trinajstić information content (AvgIpc) is 4.08. The molecule has 4 aliphatic carbocycles. The standard InChI is InChI=1S/C44H50N8O4/c1-25-19-21-49(41(53)43(55)51(31-11-12-31)32-13-14-32)37(25)39-45-23-35(47-39)29-7-3-27(4-8-29)28-5-9-30(10-6-28)36-24-46-40(48-36)38-26(2)20-22-50(38)42(54)44(56)52(33-15-16-33)34-17-18-34/h3-10,23-26,31-34,37-38H,11-22H2,1-2H3,(H,45,47)(H,46,48)/t25-,26-,37?,38?/m0/s1. The van der Waals surface area contributed by atoms with Crippen LogP contribution in [0.5, 0.6) is 0 Å². The molecular formula is C44H50N8O4. The smallest absolute Gasteiger partial charge is 0.312 e. The van der Waals surface area contributed by atoms with E-state index in [9.17, 15) is 19.2 Å². The van der Waals surface area contributed by atoms with Crippen LogP contribution in [-0.2, 0) is 19.2 Å². The van der Waals surface area contributed by atoms with Crippen LogP contribution < -0.4 is 0 Å². The van der Waals surface area contributed by atoms with E-state index >= 15 is 0 Å². The second-order valence-corrected chi connectivity index (χ2v) is 17.3. The predicted molar refractivity (Wildman–Crippen MR) is 209 cm³/mol. The fourth-order valence-corrected chi connectivity index (χ4v) is 9.27. The SMILES string of the molecule is C[C@H]1CCN(C(=O)C(=O)N(C2CC2)C2CC2)C1c1ncc(-c2ccc(-c3ccc(-c4cnc(C5[C@@H](C)CCN5C(=O)C(=O)N(C5CC5)C5CC5)[nH]4)cc3)cc2)[nH]1. The third kappa shape index (κ3) is 6.50. The summed E-state index contributed by atoms with van der Waals surface area (Å²) < 4.78 is 0. The van der Waals surface area contributed by atoms with Crippen molar-refractivity contribution >= 4 is 23.6 Å². The highest BCUT2D eigenvalue weighted by Gasteiger charge is 2.49. The van der Waals surface area contributed by atoms with Crippen LogP contribution in [-0.4, -0.2) is 100 Å². The molecule has 12 heteroatoms. The van der Waals surface area contributed by atoms with Gasteiger partial charge in [-0.1, -0.05) is 62.4 Å². The lowest BCUT2D eigenvalue weighted by Gasteiger charge is -2.28. The molecule has 4 heterocycles. The van der Waals surface area contributed by atoms with Crippen LogP contribution in [0.1, 0.15) is 102 Å². The number of carbonyl (C=O) groups is 4. The number of likely N-dealkylation sites (tertiary alicyclic amines) is 2. The first kappa shape index (κ1) is 35.2. The first-order valence-electron chi connectivity index (χ1n) is 20.8. The van der Waals surface area contributed by atoms with Gasteiger partial charge in [-0.25, -0.2) is 9.97 Å². The number of hydrogen-bond acceptors (Lipinski definition) is 6. The molecule has 0 spiro atoms. The maximum Gasteiger partial charge on any atom is 0.312 e. The fraction of sp³-hybridized carbons (Fsp3) is 0.500. The molecule has 2 saturated heterocycles. The molecule has 6 fully saturated rings. The van der Waals surface area contributed by atoms with Gasteiger partial charge in [0, 0.05) is 37.3 Å². The minimum absolute atomic E-state index is 0.190. The number of rotatable bonds is 9. The maximum absolute atomic E-state index is 13.6. The Morgan fingerprint density at radius 1 is 0.518 bits per heavy atom. The van der Waals surface area contributed by atoms with Gasteiger partial charge < -0.3 is 29.6 Å². The molecule has 4 atom stereocenters. The van der Waals surface area contributed by atoms with Gasteiger partial charge in [0.05, 0.1) is 35.9 Å². The Morgan fingerprint density at radius 3 is 1.16 bits per heavy atom. The third-order valence-corrected chi connectivity index (χ3v) is 13.0. The van der Waals surface area contributed by atoms with Gasteiger partial charge >= 0.3 is 23.6 Å². The van der Waals surface area contributed by atoms with E-state index in [1.165, 1.54) is 0 Å². The van der Waals surface area contributed by atoms with Crippen molar-refractivity contribution in [3.05, 3.63) is 72.6 Å². The number of nitrogens with one attached hydrogen (secondary N) is 2. The molecular weight excluding hydrogens is 705 g/mol. The number of carbonyl (C=O) groups excluding carboxylic acids is 4. The highest BCUT2D eigenvalue weighted by molar-refractivity contribution is 6.35. The molecule has 2 aromatic carbocycles. The first-order chi connectivity index (χ1) is 27.2. The zero-order valence-corrected chi connectivity index (χ0v) is 32.2. The van der Waals surface area contributed by atoms with Crippen LogP contribution in [0, 0.1) is 11.8 Å². The van der Waals surface area contributed by atoms with Crippen LogP contribution >= 0.6 is 0 Å². The summed E-state index contributed by atoms with van der Waals surface area (Å²) in [5.74, 6) is 0.370. The highest BCUT2D eigenvalue weighted by Crippen LogP contribution is 2.42. The van der Waals surface area contributed by atoms with E-state index in [-0.39, 0.29) is 59.9 Å². The molecule has 10 rings (SSSR count). The third-order valence-electron chi connectivity index (χ3n) is 13.0. The Labute approximate surface area is 327 Å². The van der Waals surface area contributed by atoms with Crippen molar-refractivity contribution in [3.63, 3.8) is 0 Å². The number of aromatic amines is 2. The summed E-state index contributed by atoms with van der Waals surface area (Å²) in [4.78, 5) is 77.6. The van der Waals surface area contributed by atoms with Gasteiger partial charge in [-0.05, 0) is 98.3 Å². The van der Waals surface area contributed by atoms with Gasteiger partial charge in [-0.2, -0.15) is 0 Å². The molecule has 4 amide bonds. The number of hydrogen-bond donors (Lipinski definition) is 2. The summed E-state index contributed by atoms with van der Waals surface area (Å²) in [6, 6.07) is 17.1. The summed E-state index contributed by atoms with van der Waals surface area (Å²) in [7, 11) is 0. The monoisotopic (exact) mass is 754 g/mol. The van der Waals surface area contributed by atoms with Gasteiger partial charge in [0.25, 0.3) is 0 Å². The van der Waals surface area contributed by atoms with Crippen molar-refractivity contribution in [2.45, 2.75) is 114 Å². The van der Waals surface area contributed by atoms with Crippen molar-refractivity contribution < 1.29 is 19.2 Å². The lowest BCUT2D eigenvalue weighted by Crippen LogP contribution is -2.47. The molecule has 56 heavy (non-hydrogen) atoms. The summed E-state index contributed by atoms with van der Waals surface area (Å²) in [5, 5.41) is 0. The van der Waals surface area contributed by atoms with E-state index in [1.807, 2.05) is 22.2 Å². The second kappa shape index (κ2) is 13.7. The Kier molecular flexibility index (Phi) is 8.63. The molecule has 4 saturated carbocycles. The topological polar surface area (TPSA) is 139 Å². The second-order valence-electron chi connectivity index (χ2n) is 17.3. The molecule has 12 nitrogen and oxygen atoms in total. The van der Waals surface area contributed by atoms with E-state index in [0.717, 1.165) is 109 Å². The number of H-pyrrole nitrogens is 2. The van der Waals surface area contributed by atoms with E-state index in [1.54, 1.807) is 9.80 Å². The van der Waals surface area contributed by atoms with E-state index in [2.05, 4.69) is 72.3 Å². The Morgan fingerprint density at radius 2 is 0.839 bits per heavy atom. The number of aromatic nitrogens is 4. The molecule has 0 radical (unpaired) electrons. The zero-order chi connectivity index (χ0) is 38.2. The largest absolute Gasteiger partial charge is 0.340 e. The minimum atomic E-state index is -0.390. The molecule has 4 aromatic rings. The lowest BCUT2D eigenvalue weighted by molar-refractivity contribution is -0.153. The Balaban J connectivity index is 0.803. The summed E-state index contributed by atoms with van der Waals surface area (Å²) in [5.41, 5.74) is 5.88. The van der Waals surface area contributed by atoms with E-state index < -0.39 is 11.8 Å². The van der Waals surface area contributed by atoms with Crippen molar-refractivity contribution in [3.8, 4) is 33.6 Å². The van der Waals surface area contributed by atoms with Crippen LogP contribution in [0.4, 0.5) is 0 Å². The van der Waals surface area contributed by atoms with E-state index in [0.29, 0.717) is 13.1 Å². The Hall–Kier alpha value is -5.26. The lowest BCUT2D eigenvalue weighted by atomic mass is 10.0. The van der Waals surface area contributed by atoms with Crippen molar-refractivity contribution in [2.75, 3.05) is 13.1 Å². The normalized spacial score (nSPS) is 24.8. The van der Waals surface area contributed by atoms with Crippen molar-refractivity contribution in [1.29, 1.82) is 0 Å². The summed E-state index contributed by atoms with van der Waals surface area (Å²) >= 11 is 0. The molecule has 290 valence electrons. The van der Waals surface area contributed by atoms with Crippen LogP contribution in [0.3, 0.4) is 0 Å². The van der Waals surface area contributed by atoms with E-state index in [4.69, 9.17) is 9.97 Å². The van der Waals surface area contributed by atoms with Crippen LogP contribution in [0.2, 0.25) is 0 Å². The van der Waals surface area contributed by atoms with Gasteiger partial charge in [-0.15, -0.1) is 0 Å². The number of amides is 4. The first-order valence-corrected chi connectivity index (χ1v) is 20.8.